The number of fused-ring (bicyclic) bond motifs is 1. The van der Waals surface area contributed by atoms with Crippen molar-refractivity contribution < 1.29 is 4.79 Å². The van der Waals surface area contributed by atoms with E-state index in [1.54, 1.807) is 6.07 Å². The van der Waals surface area contributed by atoms with Crippen LogP contribution in [0.3, 0.4) is 0 Å². The van der Waals surface area contributed by atoms with Crippen molar-refractivity contribution in [3.8, 4) is 0 Å². The fourth-order valence-electron chi connectivity index (χ4n) is 2.11. The zero-order valence-corrected chi connectivity index (χ0v) is 13.4. The number of ketones is 1. The summed E-state index contributed by atoms with van der Waals surface area (Å²) >= 11 is 2.98. The van der Waals surface area contributed by atoms with Crippen LogP contribution in [-0.2, 0) is 13.0 Å². The van der Waals surface area contributed by atoms with Crippen LogP contribution in [0.2, 0.25) is 0 Å². The average molecular weight is 318 g/mol. The molecular formula is C15H14N2O2S2. The predicted octanol–water partition coefficient (Wildman–Crippen LogP) is 3.27. The molecule has 0 saturated carbocycles. The quantitative estimate of drug-likeness (QED) is 0.694. The lowest BCUT2D eigenvalue weighted by Crippen LogP contribution is -2.23. The van der Waals surface area contributed by atoms with Gasteiger partial charge < -0.3 is 0 Å². The summed E-state index contributed by atoms with van der Waals surface area (Å²) in [6, 6.07) is 5.60. The number of thiophene rings is 2. The van der Waals surface area contributed by atoms with Crippen molar-refractivity contribution in [2.75, 3.05) is 0 Å². The number of hydrogen-bond acceptors (Lipinski definition) is 5. The highest BCUT2D eigenvalue weighted by Gasteiger charge is 2.13. The maximum atomic E-state index is 12.4. The highest BCUT2D eigenvalue weighted by Crippen LogP contribution is 2.21. The van der Waals surface area contributed by atoms with E-state index in [2.05, 4.69) is 4.98 Å². The highest BCUT2D eigenvalue weighted by atomic mass is 32.1. The molecule has 21 heavy (non-hydrogen) atoms. The summed E-state index contributed by atoms with van der Waals surface area (Å²) in [6.07, 6.45) is 2.35. The maximum absolute atomic E-state index is 12.4. The van der Waals surface area contributed by atoms with Gasteiger partial charge in [0.2, 0.25) is 0 Å². The third kappa shape index (κ3) is 2.69. The minimum atomic E-state index is -0.141. The molecule has 4 nitrogen and oxygen atoms in total. The fourth-order valence-corrected chi connectivity index (χ4v) is 3.84. The van der Waals surface area contributed by atoms with Gasteiger partial charge in [-0.05, 0) is 31.5 Å². The molecule has 0 saturated heterocycles. The molecule has 0 radical (unpaired) electrons. The number of carbonyl (C=O) groups is 1. The van der Waals surface area contributed by atoms with Crippen molar-refractivity contribution >= 4 is 38.7 Å². The van der Waals surface area contributed by atoms with Crippen LogP contribution in [0.25, 0.3) is 10.2 Å². The Kier molecular flexibility index (Phi) is 3.73. The molecule has 0 N–H and O–H groups in total. The van der Waals surface area contributed by atoms with Gasteiger partial charge in [0, 0.05) is 9.75 Å². The Morgan fingerprint density at radius 1 is 1.33 bits per heavy atom. The molecule has 3 aromatic heterocycles. The van der Waals surface area contributed by atoms with Gasteiger partial charge in [0.15, 0.2) is 5.78 Å². The lowest BCUT2D eigenvalue weighted by atomic mass is 10.3. The molecule has 0 aliphatic carbocycles. The van der Waals surface area contributed by atoms with E-state index < -0.39 is 0 Å². The van der Waals surface area contributed by atoms with E-state index >= 15 is 0 Å². The first-order valence-corrected chi connectivity index (χ1v) is 8.29. The molecule has 3 aromatic rings. The Balaban J connectivity index is 1.95. The van der Waals surface area contributed by atoms with Gasteiger partial charge in [0.05, 0.1) is 23.1 Å². The summed E-state index contributed by atoms with van der Waals surface area (Å²) in [6.45, 7) is 4.05. The van der Waals surface area contributed by atoms with E-state index in [9.17, 15) is 9.59 Å². The van der Waals surface area contributed by atoms with Crippen LogP contribution in [0, 0.1) is 6.92 Å². The molecule has 0 bridgehead atoms. The van der Waals surface area contributed by atoms with E-state index in [4.69, 9.17) is 0 Å². The predicted molar refractivity (Wildman–Crippen MR) is 86.6 cm³/mol. The number of Topliss-reactive ketones (excluding diaryl/α,β-unsaturated/α-hetero) is 1. The van der Waals surface area contributed by atoms with Gasteiger partial charge in [0.1, 0.15) is 4.83 Å². The molecule has 0 atom stereocenters. The number of aryl methyl sites for hydroxylation is 2. The third-order valence-electron chi connectivity index (χ3n) is 3.25. The monoisotopic (exact) mass is 318 g/mol. The largest absolute Gasteiger partial charge is 0.291 e. The Morgan fingerprint density at radius 2 is 2.14 bits per heavy atom. The van der Waals surface area contributed by atoms with Crippen LogP contribution in [0.1, 0.15) is 26.3 Å². The van der Waals surface area contributed by atoms with Crippen molar-refractivity contribution in [2.45, 2.75) is 26.8 Å². The van der Waals surface area contributed by atoms with Crippen LogP contribution >= 0.6 is 22.7 Å². The molecule has 3 rings (SSSR count). The van der Waals surface area contributed by atoms with Gasteiger partial charge in [-0.1, -0.05) is 6.92 Å². The Bertz CT molecular complexity index is 873. The molecule has 108 valence electrons. The highest BCUT2D eigenvalue weighted by molar-refractivity contribution is 7.18. The first kappa shape index (κ1) is 14.2. The fraction of sp³-hybridized carbons (Fsp3) is 0.267. The number of nitrogens with zero attached hydrogens (tertiary/aromatic N) is 2. The topological polar surface area (TPSA) is 52.0 Å². The summed E-state index contributed by atoms with van der Waals surface area (Å²) in [5.41, 5.74) is -0.141. The van der Waals surface area contributed by atoms with Gasteiger partial charge >= 0.3 is 0 Å². The van der Waals surface area contributed by atoms with Crippen LogP contribution in [0.15, 0.2) is 29.3 Å². The number of carbonyl (C=O) groups excluding carboxylic acids is 1. The van der Waals surface area contributed by atoms with E-state index in [0.29, 0.717) is 10.3 Å². The van der Waals surface area contributed by atoms with E-state index in [-0.39, 0.29) is 17.9 Å². The molecule has 6 heteroatoms. The maximum Gasteiger partial charge on any atom is 0.262 e. The van der Waals surface area contributed by atoms with E-state index in [1.165, 1.54) is 33.6 Å². The molecule has 0 unspecified atom stereocenters. The van der Waals surface area contributed by atoms with Gasteiger partial charge in [-0.15, -0.1) is 22.7 Å². The van der Waals surface area contributed by atoms with Crippen molar-refractivity contribution in [1.82, 2.24) is 9.55 Å². The molecule has 0 amide bonds. The van der Waals surface area contributed by atoms with Gasteiger partial charge in [-0.25, -0.2) is 4.98 Å². The zero-order chi connectivity index (χ0) is 15.0. The third-order valence-corrected chi connectivity index (χ3v) is 5.48. The second-order valence-corrected chi connectivity index (χ2v) is 7.20. The zero-order valence-electron chi connectivity index (χ0n) is 11.8. The molecule has 0 aliphatic heterocycles. The first-order valence-electron chi connectivity index (χ1n) is 6.66. The summed E-state index contributed by atoms with van der Waals surface area (Å²) in [4.78, 5) is 32.6. The van der Waals surface area contributed by atoms with Gasteiger partial charge in [-0.3, -0.25) is 14.2 Å². The number of rotatable bonds is 4. The molecule has 0 aliphatic rings. The van der Waals surface area contributed by atoms with Crippen LogP contribution < -0.4 is 5.56 Å². The molecule has 0 fully saturated rings. The lowest BCUT2D eigenvalue weighted by Gasteiger charge is -2.02. The second kappa shape index (κ2) is 5.54. The SMILES string of the molecule is CCc1cc2c(=O)n(CC(=O)c3ccc(C)s3)cnc2s1. The smallest absolute Gasteiger partial charge is 0.262 e. The number of hydrogen-bond donors (Lipinski definition) is 0. The minimum absolute atomic E-state index is 0.0407. The average Bonchev–Trinajstić information content (AvgIpc) is 3.08. The molecule has 3 heterocycles. The first-order chi connectivity index (χ1) is 10.1. The van der Waals surface area contributed by atoms with Crippen molar-refractivity contribution in [3.63, 3.8) is 0 Å². The van der Waals surface area contributed by atoms with E-state index in [0.717, 1.165) is 21.0 Å². The van der Waals surface area contributed by atoms with Gasteiger partial charge in [0.25, 0.3) is 5.56 Å². The normalized spacial score (nSPS) is 11.1. The molecule has 0 spiro atoms. The summed E-state index contributed by atoms with van der Waals surface area (Å²) in [5.74, 6) is -0.0534. The summed E-state index contributed by atoms with van der Waals surface area (Å²) < 4.78 is 1.39. The van der Waals surface area contributed by atoms with Crippen molar-refractivity contribution in [2.24, 2.45) is 0 Å². The Morgan fingerprint density at radius 3 is 2.81 bits per heavy atom. The van der Waals surface area contributed by atoms with E-state index in [1.807, 2.05) is 26.0 Å². The second-order valence-electron chi connectivity index (χ2n) is 4.80. The summed E-state index contributed by atoms with van der Waals surface area (Å²) in [5, 5.41) is 0.606. The van der Waals surface area contributed by atoms with Gasteiger partial charge in [-0.2, -0.15) is 0 Å². The van der Waals surface area contributed by atoms with Crippen LogP contribution in [0.4, 0.5) is 0 Å². The van der Waals surface area contributed by atoms with Crippen molar-refractivity contribution in [1.29, 1.82) is 0 Å². The lowest BCUT2D eigenvalue weighted by molar-refractivity contribution is 0.0974. The van der Waals surface area contributed by atoms with Crippen LogP contribution in [-0.4, -0.2) is 15.3 Å². The number of aromatic nitrogens is 2. The summed E-state index contributed by atoms with van der Waals surface area (Å²) in [7, 11) is 0. The standard InChI is InChI=1S/C15H14N2O2S2/c1-3-10-6-11-14(21-10)16-8-17(15(11)19)7-12(18)13-5-4-9(2)20-13/h4-6,8H,3,7H2,1-2H3. The van der Waals surface area contributed by atoms with Crippen LogP contribution in [0.5, 0.6) is 0 Å². The Labute approximate surface area is 129 Å². The van der Waals surface area contributed by atoms with Crippen molar-refractivity contribution in [3.05, 3.63) is 49.5 Å². The minimum Gasteiger partial charge on any atom is -0.291 e. The molecular weight excluding hydrogens is 304 g/mol. The Hall–Kier alpha value is -1.79. The molecule has 0 aromatic carbocycles.